The van der Waals surface area contributed by atoms with Crippen LogP contribution in [0.15, 0.2) is 30.7 Å². The van der Waals surface area contributed by atoms with E-state index in [9.17, 15) is 14.4 Å². The molecule has 2 aromatic heterocycles. The Kier molecular flexibility index (Phi) is 6.02. The number of nitrogens with one attached hydrogen (secondary N) is 4. The van der Waals surface area contributed by atoms with Crippen LogP contribution in [0.1, 0.15) is 53.1 Å². The van der Waals surface area contributed by atoms with Crippen molar-refractivity contribution in [3.8, 4) is 5.75 Å². The zero-order valence-corrected chi connectivity index (χ0v) is 17.8. The summed E-state index contributed by atoms with van der Waals surface area (Å²) in [7, 11) is 0. The zero-order chi connectivity index (χ0) is 22.7. The Hall–Kier alpha value is -3.95. The van der Waals surface area contributed by atoms with Gasteiger partial charge in [0.2, 0.25) is 0 Å². The molecule has 0 atom stereocenters. The molecule has 0 saturated carbocycles. The molecule has 4 N–H and O–H groups in total. The Morgan fingerprint density at radius 2 is 2.00 bits per heavy atom. The number of hydrogen-bond donors (Lipinski definition) is 4. The van der Waals surface area contributed by atoms with E-state index in [-0.39, 0.29) is 36.7 Å². The summed E-state index contributed by atoms with van der Waals surface area (Å²) in [5, 5.41) is 8.52. The SMILES string of the molecule is CCC(CC)NC(=O)c1c[nH]c2c(C(=O)NCc3ccc4c(c3)NC(=O)CO4)ncnc12. The largest absolute Gasteiger partial charge is 0.482 e. The van der Waals surface area contributed by atoms with Crippen LogP contribution in [0.4, 0.5) is 5.69 Å². The first-order valence-electron chi connectivity index (χ1n) is 10.5. The van der Waals surface area contributed by atoms with Gasteiger partial charge in [-0.1, -0.05) is 19.9 Å². The standard InChI is InChI=1S/C22H24N6O4/c1-3-13(4-2)27-21(30)14-9-23-19-18(14)25-11-26-20(19)22(31)24-8-12-5-6-16-15(7-12)28-17(29)10-32-16/h5-7,9,11,13,23H,3-4,8,10H2,1-2H3,(H,24,31)(H,27,30)(H,28,29). The third-order valence-corrected chi connectivity index (χ3v) is 5.37. The van der Waals surface area contributed by atoms with Crippen molar-refractivity contribution >= 4 is 34.4 Å². The molecule has 0 radical (unpaired) electrons. The molecule has 10 heteroatoms. The number of hydrogen-bond acceptors (Lipinski definition) is 6. The average Bonchev–Trinajstić information content (AvgIpc) is 3.25. The fraction of sp³-hybridized carbons (Fsp3) is 0.318. The summed E-state index contributed by atoms with van der Waals surface area (Å²) < 4.78 is 5.34. The molecule has 3 aromatic rings. The summed E-state index contributed by atoms with van der Waals surface area (Å²) in [6.45, 7) is 4.23. The van der Waals surface area contributed by atoms with Gasteiger partial charge in [-0.3, -0.25) is 14.4 Å². The van der Waals surface area contributed by atoms with Crippen molar-refractivity contribution in [3.63, 3.8) is 0 Å². The van der Waals surface area contributed by atoms with E-state index in [0.717, 1.165) is 18.4 Å². The molecule has 0 fully saturated rings. The second kappa shape index (κ2) is 9.04. The molecule has 3 heterocycles. The second-order valence-electron chi connectivity index (χ2n) is 7.49. The first-order chi connectivity index (χ1) is 15.5. The van der Waals surface area contributed by atoms with Crippen molar-refractivity contribution in [3.05, 3.63) is 47.5 Å². The smallest absolute Gasteiger partial charge is 0.272 e. The quantitative estimate of drug-likeness (QED) is 0.448. The Labute approximate surface area is 184 Å². The number of amides is 3. The number of carbonyl (C=O) groups is 3. The Balaban J connectivity index is 1.50. The monoisotopic (exact) mass is 436 g/mol. The normalized spacial score (nSPS) is 12.8. The molecule has 3 amide bonds. The van der Waals surface area contributed by atoms with E-state index in [1.807, 2.05) is 13.8 Å². The van der Waals surface area contributed by atoms with Gasteiger partial charge in [0.1, 0.15) is 17.6 Å². The molecule has 0 bridgehead atoms. The molecule has 166 valence electrons. The Morgan fingerprint density at radius 1 is 1.19 bits per heavy atom. The number of ether oxygens (including phenoxy) is 1. The lowest BCUT2D eigenvalue weighted by atomic mass is 10.1. The number of aromatic nitrogens is 3. The predicted molar refractivity (Wildman–Crippen MR) is 117 cm³/mol. The number of rotatable bonds is 7. The minimum atomic E-state index is -0.413. The van der Waals surface area contributed by atoms with Crippen LogP contribution >= 0.6 is 0 Å². The molecule has 0 saturated heterocycles. The van der Waals surface area contributed by atoms with Crippen LogP contribution in [0.3, 0.4) is 0 Å². The minimum Gasteiger partial charge on any atom is -0.482 e. The topological polar surface area (TPSA) is 138 Å². The van der Waals surface area contributed by atoms with Crippen molar-refractivity contribution < 1.29 is 19.1 Å². The molecule has 1 aliphatic heterocycles. The van der Waals surface area contributed by atoms with Gasteiger partial charge in [-0.25, -0.2) is 9.97 Å². The molecule has 0 spiro atoms. The molecular formula is C22H24N6O4. The van der Waals surface area contributed by atoms with Crippen LogP contribution in [0, 0.1) is 0 Å². The molecule has 32 heavy (non-hydrogen) atoms. The maximum Gasteiger partial charge on any atom is 0.272 e. The van der Waals surface area contributed by atoms with Crippen LogP contribution in [0.5, 0.6) is 5.75 Å². The molecule has 1 aromatic carbocycles. The van der Waals surface area contributed by atoms with Crippen LogP contribution in [-0.4, -0.2) is 45.3 Å². The van der Waals surface area contributed by atoms with Crippen molar-refractivity contribution in [1.29, 1.82) is 0 Å². The number of anilines is 1. The van der Waals surface area contributed by atoms with Crippen molar-refractivity contribution in [1.82, 2.24) is 25.6 Å². The molecule has 0 aliphatic carbocycles. The number of carbonyl (C=O) groups excluding carboxylic acids is 3. The highest BCUT2D eigenvalue weighted by Gasteiger charge is 2.21. The fourth-order valence-electron chi connectivity index (χ4n) is 3.55. The summed E-state index contributed by atoms with van der Waals surface area (Å²) >= 11 is 0. The van der Waals surface area contributed by atoms with Gasteiger partial charge >= 0.3 is 0 Å². The third kappa shape index (κ3) is 4.25. The summed E-state index contributed by atoms with van der Waals surface area (Å²) in [5.74, 6) is -0.293. The number of benzene rings is 1. The van der Waals surface area contributed by atoms with Crippen molar-refractivity contribution in [2.75, 3.05) is 11.9 Å². The minimum absolute atomic E-state index is 0.0134. The molecule has 1 aliphatic rings. The summed E-state index contributed by atoms with van der Waals surface area (Å²) in [6, 6.07) is 5.37. The van der Waals surface area contributed by atoms with E-state index in [1.54, 1.807) is 24.4 Å². The van der Waals surface area contributed by atoms with Crippen LogP contribution in [0.2, 0.25) is 0 Å². The van der Waals surface area contributed by atoms with Crippen LogP contribution in [0.25, 0.3) is 11.0 Å². The summed E-state index contributed by atoms with van der Waals surface area (Å²) in [4.78, 5) is 48.2. The highest BCUT2D eigenvalue weighted by Crippen LogP contribution is 2.28. The highest BCUT2D eigenvalue weighted by atomic mass is 16.5. The first-order valence-corrected chi connectivity index (χ1v) is 10.5. The number of aromatic amines is 1. The molecule has 4 rings (SSSR count). The fourth-order valence-corrected chi connectivity index (χ4v) is 3.55. The zero-order valence-electron chi connectivity index (χ0n) is 17.8. The third-order valence-electron chi connectivity index (χ3n) is 5.37. The van der Waals surface area contributed by atoms with Gasteiger partial charge in [-0.05, 0) is 30.5 Å². The van der Waals surface area contributed by atoms with Gasteiger partial charge in [0.15, 0.2) is 12.3 Å². The molecular weight excluding hydrogens is 412 g/mol. The second-order valence-corrected chi connectivity index (χ2v) is 7.49. The average molecular weight is 436 g/mol. The Morgan fingerprint density at radius 3 is 2.78 bits per heavy atom. The van der Waals surface area contributed by atoms with E-state index in [2.05, 4.69) is 30.9 Å². The lowest BCUT2D eigenvalue weighted by molar-refractivity contribution is -0.118. The van der Waals surface area contributed by atoms with E-state index < -0.39 is 5.91 Å². The van der Waals surface area contributed by atoms with Gasteiger partial charge in [-0.2, -0.15) is 0 Å². The maximum atomic E-state index is 12.8. The van der Waals surface area contributed by atoms with Crippen LogP contribution < -0.4 is 20.7 Å². The molecule has 0 unspecified atom stereocenters. The van der Waals surface area contributed by atoms with Gasteiger partial charge < -0.3 is 25.7 Å². The van der Waals surface area contributed by atoms with Crippen LogP contribution in [-0.2, 0) is 11.3 Å². The number of fused-ring (bicyclic) bond motifs is 2. The lowest BCUT2D eigenvalue weighted by Gasteiger charge is -2.18. The number of nitrogens with zero attached hydrogens (tertiary/aromatic N) is 2. The molecule has 10 nitrogen and oxygen atoms in total. The number of H-pyrrole nitrogens is 1. The summed E-state index contributed by atoms with van der Waals surface area (Å²) in [6.07, 6.45) is 4.46. The van der Waals surface area contributed by atoms with E-state index >= 15 is 0 Å². The van der Waals surface area contributed by atoms with Crippen molar-refractivity contribution in [2.45, 2.75) is 39.3 Å². The van der Waals surface area contributed by atoms with Gasteiger partial charge in [0.05, 0.1) is 16.8 Å². The van der Waals surface area contributed by atoms with Gasteiger partial charge in [0, 0.05) is 18.8 Å². The van der Waals surface area contributed by atoms with Gasteiger partial charge in [0.25, 0.3) is 17.7 Å². The van der Waals surface area contributed by atoms with Crippen molar-refractivity contribution in [2.24, 2.45) is 0 Å². The lowest BCUT2D eigenvalue weighted by Crippen LogP contribution is -2.33. The van der Waals surface area contributed by atoms with Gasteiger partial charge in [-0.15, -0.1) is 0 Å². The van der Waals surface area contributed by atoms with E-state index in [4.69, 9.17) is 4.74 Å². The van der Waals surface area contributed by atoms with E-state index in [0.29, 0.717) is 28.0 Å². The summed E-state index contributed by atoms with van der Waals surface area (Å²) in [5.41, 5.74) is 2.65. The predicted octanol–water partition coefficient (Wildman–Crippen LogP) is 2.14. The maximum absolute atomic E-state index is 12.8. The first kappa shape index (κ1) is 21.3. The Bertz CT molecular complexity index is 1180. The highest BCUT2D eigenvalue weighted by molar-refractivity contribution is 6.10. The van der Waals surface area contributed by atoms with E-state index in [1.165, 1.54) is 6.33 Å².